The van der Waals surface area contributed by atoms with Gasteiger partial charge in [-0.05, 0) is 28.7 Å². The Morgan fingerprint density at radius 1 is 1.25 bits per heavy atom. The SMILES string of the molecule is COC(=O)c1cc(OC(F)(F)F)c(C(F)(F)F)nc1I. The molecule has 1 aromatic heterocycles. The van der Waals surface area contributed by atoms with Gasteiger partial charge in [-0.25, -0.2) is 9.78 Å². The Bertz CT molecular complexity index is 528. The van der Waals surface area contributed by atoms with Gasteiger partial charge in [0.15, 0.2) is 11.4 Å². The second-order valence-electron chi connectivity index (χ2n) is 3.21. The molecule has 0 aliphatic heterocycles. The molecule has 1 rings (SSSR count). The molecular formula is C9H4F6INO3. The number of carbonyl (C=O) groups excluding carboxylic acids is 1. The van der Waals surface area contributed by atoms with Crippen LogP contribution in [-0.4, -0.2) is 24.4 Å². The molecule has 0 radical (unpaired) electrons. The summed E-state index contributed by atoms with van der Waals surface area (Å²) < 4.78 is 81.1. The first-order valence-electron chi connectivity index (χ1n) is 4.57. The Morgan fingerprint density at radius 3 is 2.20 bits per heavy atom. The lowest BCUT2D eigenvalue weighted by molar-refractivity contribution is -0.276. The summed E-state index contributed by atoms with van der Waals surface area (Å²) in [5, 5.41) is 0. The lowest BCUT2D eigenvalue weighted by atomic mass is 10.2. The van der Waals surface area contributed by atoms with Crippen molar-refractivity contribution in [1.82, 2.24) is 4.98 Å². The summed E-state index contributed by atoms with van der Waals surface area (Å²) in [5.41, 5.74) is -2.45. The molecule has 0 fully saturated rings. The van der Waals surface area contributed by atoms with Crippen LogP contribution in [0.4, 0.5) is 26.3 Å². The summed E-state index contributed by atoms with van der Waals surface area (Å²) in [7, 11) is 0.917. The van der Waals surface area contributed by atoms with E-state index in [-0.39, 0.29) is 6.07 Å². The van der Waals surface area contributed by atoms with Gasteiger partial charge in [0.25, 0.3) is 0 Å². The van der Waals surface area contributed by atoms with Crippen molar-refractivity contribution in [3.05, 3.63) is 21.0 Å². The second-order valence-corrected chi connectivity index (χ2v) is 4.23. The lowest BCUT2D eigenvalue weighted by Gasteiger charge is -2.16. The molecule has 20 heavy (non-hydrogen) atoms. The number of rotatable bonds is 2. The van der Waals surface area contributed by atoms with Gasteiger partial charge in [0.1, 0.15) is 3.70 Å². The van der Waals surface area contributed by atoms with Crippen LogP contribution in [-0.2, 0) is 10.9 Å². The summed E-state index contributed by atoms with van der Waals surface area (Å²) in [4.78, 5) is 14.2. The fraction of sp³-hybridized carbons (Fsp3) is 0.333. The average molecular weight is 415 g/mol. The predicted octanol–water partition coefficient (Wildman–Crippen LogP) is 3.39. The number of esters is 1. The zero-order valence-electron chi connectivity index (χ0n) is 9.40. The fourth-order valence-corrected chi connectivity index (χ4v) is 1.75. The van der Waals surface area contributed by atoms with E-state index in [0.717, 1.165) is 7.11 Å². The van der Waals surface area contributed by atoms with Crippen molar-refractivity contribution in [2.75, 3.05) is 7.11 Å². The first-order chi connectivity index (χ1) is 8.95. The Balaban J connectivity index is 3.46. The smallest absolute Gasteiger partial charge is 0.465 e. The zero-order chi connectivity index (χ0) is 15.7. The number of pyridine rings is 1. The van der Waals surface area contributed by atoms with Gasteiger partial charge < -0.3 is 9.47 Å². The highest BCUT2D eigenvalue weighted by atomic mass is 127. The van der Waals surface area contributed by atoms with Crippen LogP contribution < -0.4 is 4.74 Å². The molecule has 0 N–H and O–H groups in total. The molecule has 0 spiro atoms. The number of aromatic nitrogens is 1. The molecule has 0 aromatic carbocycles. The molecule has 1 aromatic rings. The zero-order valence-corrected chi connectivity index (χ0v) is 11.6. The molecule has 4 nitrogen and oxygen atoms in total. The van der Waals surface area contributed by atoms with Gasteiger partial charge in [0.05, 0.1) is 12.7 Å². The van der Waals surface area contributed by atoms with Crippen LogP contribution in [0.25, 0.3) is 0 Å². The van der Waals surface area contributed by atoms with Gasteiger partial charge in [-0.1, -0.05) is 0 Å². The van der Waals surface area contributed by atoms with Crippen LogP contribution in [0.2, 0.25) is 0 Å². The molecule has 0 aliphatic rings. The van der Waals surface area contributed by atoms with E-state index in [1.807, 2.05) is 0 Å². The lowest BCUT2D eigenvalue weighted by Crippen LogP contribution is -2.22. The number of alkyl halides is 6. The summed E-state index contributed by atoms with van der Waals surface area (Å²) in [6.45, 7) is 0. The van der Waals surface area contributed by atoms with Crippen molar-refractivity contribution < 1.29 is 40.6 Å². The molecule has 0 bridgehead atoms. The molecule has 0 unspecified atom stereocenters. The van der Waals surface area contributed by atoms with Gasteiger partial charge in [-0.15, -0.1) is 13.2 Å². The topological polar surface area (TPSA) is 48.4 Å². The molecule has 11 heteroatoms. The monoisotopic (exact) mass is 415 g/mol. The molecule has 0 saturated carbocycles. The van der Waals surface area contributed by atoms with E-state index in [2.05, 4.69) is 14.5 Å². The number of methoxy groups -OCH3 is 1. The van der Waals surface area contributed by atoms with E-state index < -0.39 is 39.2 Å². The Kier molecular flexibility index (Phi) is 4.71. The third kappa shape index (κ3) is 4.11. The van der Waals surface area contributed by atoms with Crippen molar-refractivity contribution in [3.63, 3.8) is 0 Å². The van der Waals surface area contributed by atoms with Crippen LogP contribution >= 0.6 is 22.6 Å². The van der Waals surface area contributed by atoms with E-state index >= 15 is 0 Å². The van der Waals surface area contributed by atoms with Crippen LogP contribution in [0.5, 0.6) is 5.75 Å². The van der Waals surface area contributed by atoms with Crippen molar-refractivity contribution in [2.24, 2.45) is 0 Å². The molecule has 0 amide bonds. The van der Waals surface area contributed by atoms with Crippen LogP contribution in [0, 0.1) is 3.70 Å². The average Bonchev–Trinajstić information content (AvgIpc) is 2.26. The summed E-state index contributed by atoms with van der Waals surface area (Å²) in [5.74, 6) is -2.76. The molecule has 0 aliphatic carbocycles. The maximum absolute atomic E-state index is 12.6. The standard InChI is InChI=1S/C9H4F6INO3/c1-19-7(18)3-2-4(20-9(13,14)15)5(8(10,11)12)17-6(3)16/h2H,1H3. The quantitative estimate of drug-likeness (QED) is 0.322. The Hall–Kier alpha value is -1.27. The highest BCUT2D eigenvalue weighted by Crippen LogP contribution is 2.38. The molecule has 1 heterocycles. The van der Waals surface area contributed by atoms with Gasteiger partial charge in [-0.3, -0.25) is 0 Å². The number of nitrogens with zero attached hydrogens (tertiary/aromatic N) is 1. The minimum atomic E-state index is -5.36. The normalized spacial score (nSPS) is 12.2. The van der Waals surface area contributed by atoms with E-state index in [4.69, 9.17) is 0 Å². The number of halogens is 7. The molecule has 0 saturated heterocycles. The number of hydrogen-bond donors (Lipinski definition) is 0. The highest BCUT2D eigenvalue weighted by molar-refractivity contribution is 14.1. The third-order valence-corrected chi connectivity index (χ3v) is 2.66. The summed E-state index contributed by atoms with van der Waals surface area (Å²) in [6.07, 6.45) is -10.5. The Morgan fingerprint density at radius 2 is 1.80 bits per heavy atom. The van der Waals surface area contributed by atoms with E-state index in [1.165, 1.54) is 22.6 Å². The molecule has 0 atom stereocenters. The van der Waals surface area contributed by atoms with Crippen LogP contribution in [0.3, 0.4) is 0 Å². The van der Waals surface area contributed by atoms with E-state index in [9.17, 15) is 31.1 Å². The third-order valence-electron chi connectivity index (χ3n) is 1.84. The van der Waals surface area contributed by atoms with Crippen molar-refractivity contribution in [3.8, 4) is 5.75 Å². The first kappa shape index (κ1) is 16.8. The number of carbonyl (C=O) groups is 1. The summed E-state index contributed by atoms with van der Waals surface area (Å²) >= 11 is 1.27. The van der Waals surface area contributed by atoms with Crippen molar-refractivity contribution in [1.29, 1.82) is 0 Å². The van der Waals surface area contributed by atoms with Gasteiger partial charge in [0.2, 0.25) is 0 Å². The molecule has 112 valence electrons. The first-order valence-corrected chi connectivity index (χ1v) is 5.65. The second kappa shape index (κ2) is 5.61. The summed E-state index contributed by atoms with van der Waals surface area (Å²) in [6, 6.07) is 0.289. The number of hydrogen-bond acceptors (Lipinski definition) is 4. The van der Waals surface area contributed by atoms with Crippen LogP contribution in [0.1, 0.15) is 16.1 Å². The minimum absolute atomic E-state index is 0.289. The fourth-order valence-electron chi connectivity index (χ4n) is 1.13. The molecular weight excluding hydrogens is 411 g/mol. The van der Waals surface area contributed by atoms with E-state index in [1.54, 1.807) is 0 Å². The van der Waals surface area contributed by atoms with Crippen molar-refractivity contribution in [2.45, 2.75) is 12.5 Å². The van der Waals surface area contributed by atoms with Gasteiger partial charge in [-0.2, -0.15) is 13.2 Å². The number of ether oxygens (including phenoxy) is 2. The highest BCUT2D eigenvalue weighted by Gasteiger charge is 2.42. The predicted molar refractivity (Wildman–Crippen MR) is 60.0 cm³/mol. The van der Waals surface area contributed by atoms with E-state index in [0.29, 0.717) is 0 Å². The maximum atomic E-state index is 12.6. The Labute approximate surface area is 121 Å². The van der Waals surface area contributed by atoms with Crippen LogP contribution in [0.15, 0.2) is 6.07 Å². The van der Waals surface area contributed by atoms with Gasteiger partial charge in [0, 0.05) is 0 Å². The van der Waals surface area contributed by atoms with Gasteiger partial charge >= 0.3 is 18.5 Å². The van der Waals surface area contributed by atoms with Crippen molar-refractivity contribution >= 4 is 28.6 Å². The largest absolute Gasteiger partial charge is 0.573 e. The maximum Gasteiger partial charge on any atom is 0.573 e. The minimum Gasteiger partial charge on any atom is -0.465 e.